The Morgan fingerprint density at radius 3 is 1.31 bits per heavy atom. The highest BCUT2D eigenvalue weighted by Crippen LogP contribution is 2.56. The maximum absolute atomic E-state index is 12.6. The van der Waals surface area contributed by atoms with Crippen LogP contribution < -0.4 is 0 Å². The number of amides is 2. The number of alkyl halides is 6. The number of ether oxygens (including phenoxy) is 4. The molecule has 0 aromatic rings. The van der Waals surface area contributed by atoms with Crippen LogP contribution in [0.2, 0.25) is 0 Å². The highest BCUT2D eigenvalue weighted by molar-refractivity contribution is 6.68. The van der Waals surface area contributed by atoms with Gasteiger partial charge in [0.05, 0.1) is 0 Å². The van der Waals surface area contributed by atoms with E-state index in [1.54, 1.807) is 0 Å². The lowest BCUT2D eigenvalue weighted by Gasteiger charge is -2.46. The van der Waals surface area contributed by atoms with E-state index in [0.29, 0.717) is 0 Å². The van der Waals surface area contributed by atoms with Gasteiger partial charge >= 0.3 is 12.2 Å². The van der Waals surface area contributed by atoms with Crippen molar-refractivity contribution < 1.29 is 28.5 Å². The lowest BCUT2D eigenvalue weighted by Crippen LogP contribution is -2.71. The van der Waals surface area contributed by atoms with Gasteiger partial charge in [-0.2, -0.15) is 0 Å². The van der Waals surface area contributed by atoms with E-state index >= 15 is 0 Å². The van der Waals surface area contributed by atoms with E-state index in [1.165, 1.54) is 0 Å². The number of hydrogen-bond donors (Lipinski definition) is 0. The van der Waals surface area contributed by atoms with Gasteiger partial charge in [-0.15, -0.1) is 0 Å². The van der Waals surface area contributed by atoms with Crippen LogP contribution in [-0.2, 0) is 18.9 Å². The summed E-state index contributed by atoms with van der Waals surface area (Å²) in [7, 11) is 0. The molecule has 5 aliphatic rings. The summed E-state index contributed by atoms with van der Waals surface area (Å²) in [5.74, 6) is 0. The molecule has 0 N–H and O–H groups in total. The van der Waals surface area contributed by atoms with Crippen LogP contribution in [0.5, 0.6) is 0 Å². The fraction of sp³-hybridized carbons (Fsp3) is 0.833. The number of carbonyl (C=O) groups excluding carboxylic acids is 2. The topological polar surface area (TPSA) is 84.1 Å². The molecule has 14 heteroatoms. The van der Waals surface area contributed by atoms with Crippen molar-refractivity contribution in [1.29, 1.82) is 0 Å². The van der Waals surface area contributed by atoms with Crippen LogP contribution in [0.15, 0.2) is 0 Å². The second kappa shape index (κ2) is 6.35. The summed E-state index contributed by atoms with van der Waals surface area (Å²) >= 11 is 33.6. The summed E-state index contributed by atoms with van der Waals surface area (Å²) in [5, 5.41) is 2.15. The van der Waals surface area contributed by atoms with Gasteiger partial charge in [0, 0.05) is 0 Å². The van der Waals surface area contributed by atoms with Gasteiger partial charge in [-0.05, 0) is 0 Å². The molecule has 1 saturated carbocycles. The van der Waals surface area contributed by atoms with E-state index in [4.69, 9.17) is 88.6 Å². The van der Waals surface area contributed by atoms with Crippen LogP contribution in [-0.4, -0.2) is 79.5 Å². The maximum atomic E-state index is 12.6. The summed E-state index contributed by atoms with van der Waals surface area (Å²) in [6, 6.07) is -1.11. The fourth-order valence-corrected chi connectivity index (χ4v) is 3.76. The van der Waals surface area contributed by atoms with E-state index < -0.39 is 45.1 Å². The van der Waals surface area contributed by atoms with E-state index in [-0.39, 0.29) is 24.4 Å². The lowest BCUT2D eigenvalue weighted by molar-refractivity contribution is -0.0964. The van der Waals surface area contributed by atoms with Crippen LogP contribution in [0.25, 0.3) is 0 Å². The normalized spacial score (nSPS) is 37.0. The summed E-state index contributed by atoms with van der Waals surface area (Å²) in [6.07, 6.45) is -2.86. The third-order valence-electron chi connectivity index (χ3n) is 4.36. The molecule has 0 radical (unpaired) electrons. The second-order valence-electron chi connectivity index (χ2n) is 6.14. The largest absolute Gasteiger partial charge is 0.444 e. The predicted octanol–water partition coefficient (Wildman–Crippen LogP) is 2.82. The Morgan fingerprint density at radius 2 is 1.04 bits per heavy atom. The first-order valence-corrected chi connectivity index (χ1v) is 9.61. The minimum atomic E-state index is -1.80. The van der Waals surface area contributed by atoms with Crippen molar-refractivity contribution in [3.63, 3.8) is 0 Å². The average Bonchev–Trinajstić information content (AvgIpc) is 3.39. The zero-order chi connectivity index (χ0) is 19.0. The first-order chi connectivity index (χ1) is 12.0. The molecule has 0 unspecified atom stereocenters. The van der Waals surface area contributed by atoms with Crippen LogP contribution in [0.1, 0.15) is 0 Å². The van der Waals surface area contributed by atoms with E-state index in [0.717, 1.165) is 10.0 Å². The minimum Gasteiger partial charge on any atom is -0.444 e. The maximum Gasteiger partial charge on any atom is 0.429 e. The average molecular weight is 491 g/mol. The Morgan fingerprint density at radius 1 is 0.731 bits per heavy atom. The van der Waals surface area contributed by atoms with Crippen LogP contribution in [0.3, 0.4) is 0 Å². The zero-order valence-electron chi connectivity index (χ0n) is 12.5. The summed E-state index contributed by atoms with van der Waals surface area (Å²) in [5.41, 5.74) is 0. The summed E-state index contributed by atoms with van der Waals surface area (Å²) in [4.78, 5) is 25.1. The number of carbonyl (C=O) groups is 2. The molecular formula is C12H10Cl6N2O6. The molecule has 0 spiro atoms. The smallest absolute Gasteiger partial charge is 0.429 e. The lowest BCUT2D eigenvalue weighted by atomic mass is 9.87. The van der Waals surface area contributed by atoms with E-state index in [1.807, 2.05) is 0 Å². The van der Waals surface area contributed by atoms with Crippen molar-refractivity contribution in [2.75, 3.05) is 13.2 Å². The van der Waals surface area contributed by atoms with Gasteiger partial charge in [-0.3, -0.25) is 0 Å². The minimum absolute atomic E-state index is 0.263. The van der Waals surface area contributed by atoms with Gasteiger partial charge in [0.25, 0.3) is 0 Å². The monoisotopic (exact) mass is 488 g/mol. The fourth-order valence-electron chi connectivity index (χ4n) is 3.43. The molecule has 146 valence electrons. The van der Waals surface area contributed by atoms with Gasteiger partial charge in [0.2, 0.25) is 7.59 Å². The van der Waals surface area contributed by atoms with Crippen molar-refractivity contribution in [2.45, 2.75) is 44.1 Å². The molecule has 4 heterocycles. The van der Waals surface area contributed by atoms with Crippen molar-refractivity contribution in [1.82, 2.24) is 10.0 Å². The number of nitrogens with zero attached hydrogens (tertiary/aromatic N) is 2. The molecule has 0 aromatic carbocycles. The van der Waals surface area contributed by atoms with Gasteiger partial charge < -0.3 is 18.9 Å². The molecule has 4 atom stereocenters. The molecule has 26 heavy (non-hydrogen) atoms. The van der Waals surface area contributed by atoms with Gasteiger partial charge in [-0.25, -0.2) is 19.6 Å². The van der Waals surface area contributed by atoms with E-state index in [2.05, 4.69) is 0 Å². The number of hydrogen-bond acceptors (Lipinski definition) is 6. The highest BCUT2D eigenvalue weighted by atomic mass is 35.6. The Balaban J connectivity index is 1.53. The molecule has 4 saturated heterocycles. The molecule has 2 amide bonds. The Hall–Kier alpha value is 0.200. The summed E-state index contributed by atoms with van der Waals surface area (Å²) < 4.78 is 17.6. The third kappa shape index (κ3) is 3.59. The van der Waals surface area contributed by atoms with Crippen LogP contribution in [0.4, 0.5) is 9.59 Å². The molecule has 1 aliphatic carbocycles. The standard InChI is InChI=1S/C12H10Cl6N2O6/c13-11(14,15)1-23-9(21)19-3-5-7(25-5)4(8-6(3)26-8)20(19)10(22)24-2-12(16,17)18/h3-8H,1-2H2/t3?,4?,5-,6-,7-,8-/m1/s1. The van der Waals surface area contributed by atoms with Crippen molar-refractivity contribution in [3.05, 3.63) is 0 Å². The Labute approximate surface area is 177 Å². The number of fused-ring (bicyclic) bond motifs is 1. The van der Waals surface area contributed by atoms with Crippen LogP contribution in [0, 0.1) is 0 Å². The van der Waals surface area contributed by atoms with Crippen molar-refractivity contribution in [2.24, 2.45) is 0 Å². The Bertz CT molecular complexity index is 571. The van der Waals surface area contributed by atoms with Gasteiger partial charge in [0.15, 0.2) is 0 Å². The first-order valence-electron chi connectivity index (χ1n) is 7.34. The molecule has 0 aromatic heterocycles. The number of rotatable bonds is 2. The number of hydrazine groups is 1. The van der Waals surface area contributed by atoms with Crippen LogP contribution >= 0.6 is 69.6 Å². The summed E-state index contributed by atoms with van der Waals surface area (Å²) in [6.45, 7) is -1.02. The second-order valence-corrected chi connectivity index (χ2v) is 11.2. The predicted molar refractivity (Wildman–Crippen MR) is 91.9 cm³/mol. The zero-order valence-corrected chi connectivity index (χ0v) is 17.0. The SMILES string of the molecule is O=C(OCC(Cl)(Cl)Cl)N1C2[C@H]3O[C@@H]3C([C@H]3O[C@H]23)N1C(=O)OCC(Cl)(Cl)Cl. The highest BCUT2D eigenvalue weighted by Gasteiger charge is 2.78. The molecule has 2 bridgehead atoms. The van der Waals surface area contributed by atoms with Gasteiger partial charge in [-0.1, -0.05) is 69.6 Å². The first kappa shape index (κ1) is 19.5. The van der Waals surface area contributed by atoms with Gasteiger partial charge in [0.1, 0.15) is 49.7 Å². The molecular weight excluding hydrogens is 481 g/mol. The third-order valence-corrected chi connectivity index (χ3v) is 5.01. The van der Waals surface area contributed by atoms with Crippen molar-refractivity contribution in [3.8, 4) is 0 Å². The van der Waals surface area contributed by atoms with E-state index in [9.17, 15) is 9.59 Å². The quantitative estimate of drug-likeness (QED) is 0.437. The number of halogens is 6. The Kier molecular flexibility index (Phi) is 4.77. The molecule has 4 aliphatic heterocycles. The van der Waals surface area contributed by atoms with Crippen molar-refractivity contribution >= 4 is 81.8 Å². The molecule has 5 rings (SSSR count). The number of epoxide rings is 2. The molecule has 8 nitrogen and oxygen atoms in total. The molecule has 5 fully saturated rings.